The Balaban J connectivity index is 2.52. The van der Waals surface area contributed by atoms with E-state index in [2.05, 4.69) is 13.2 Å². The molecule has 0 spiro atoms. The molecule has 1 aliphatic heterocycles. The molecule has 0 unspecified atom stereocenters. The zero-order chi connectivity index (χ0) is 5.98. The first-order valence-corrected chi connectivity index (χ1v) is 2.38. The number of ether oxygens (including phenoxy) is 2. The molecular weight excluding hydrogens is 104 g/mol. The van der Waals surface area contributed by atoms with E-state index in [1.807, 2.05) is 0 Å². The molecule has 0 aliphatic carbocycles. The molecule has 0 radical (unpaired) electrons. The predicted molar refractivity (Wildman–Crippen MR) is 30.2 cm³/mol. The van der Waals surface area contributed by atoms with Gasteiger partial charge in [-0.25, -0.2) is 0 Å². The topological polar surface area (TPSA) is 18.5 Å². The van der Waals surface area contributed by atoms with E-state index in [9.17, 15) is 0 Å². The second-order valence-electron chi connectivity index (χ2n) is 1.64. The average molecular weight is 112 g/mol. The normalized spacial score (nSPS) is 20.5. The maximum absolute atomic E-state index is 4.87. The van der Waals surface area contributed by atoms with Gasteiger partial charge in [0, 0.05) is 5.57 Å². The van der Waals surface area contributed by atoms with Gasteiger partial charge in [0.15, 0.2) is 6.79 Å². The van der Waals surface area contributed by atoms with E-state index in [0.717, 1.165) is 5.57 Å². The summed E-state index contributed by atoms with van der Waals surface area (Å²) in [5.41, 5.74) is 0.830. The summed E-state index contributed by atoms with van der Waals surface area (Å²) in [6.07, 6.45) is 0. The van der Waals surface area contributed by atoms with Crippen LogP contribution in [0.4, 0.5) is 0 Å². The zero-order valence-corrected chi connectivity index (χ0v) is 4.64. The molecule has 1 rings (SSSR count). The van der Waals surface area contributed by atoms with E-state index in [4.69, 9.17) is 9.47 Å². The van der Waals surface area contributed by atoms with Crippen LogP contribution in [0.3, 0.4) is 0 Å². The lowest BCUT2D eigenvalue weighted by molar-refractivity contribution is -0.0360. The molecule has 8 heavy (non-hydrogen) atoms. The van der Waals surface area contributed by atoms with Gasteiger partial charge in [-0.2, -0.15) is 0 Å². The Labute approximate surface area is 48.4 Å². The molecule has 0 aromatic rings. The van der Waals surface area contributed by atoms with Crippen LogP contribution in [0.5, 0.6) is 0 Å². The fourth-order valence-corrected chi connectivity index (χ4v) is 0.460. The average Bonchev–Trinajstić information content (AvgIpc) is 1.77. The largest absolute Gasteiger partial charge is 0.468 e. The van der Waals surface area contributed by atoms with Crippen molar-refractivity contribution in [3.8, 4) is 0 Å². The van der Waals surface area contributed by atoms with Crippen LogP contribution >= 0.6 is 0 Å². The first-order valence-electron chi connectivity index (χ1n) is 2.38. The summed E-state index contributed by atoms with van der Waals surface area (Å²) in [7, 11) is 0. The van der Waals surface area contributed by atoms with E-state index < -0.39 is 0 Å². The van der Waals surface area contributed by atoms with Crippen molar-refractivity contribution in [3.05, 3.63) is 24.5 Å². The molecule has 0 saturated carbocycles. The van der Waals surface area contributed by atoms with E-state index in [1.165, 1.54) is 0 Å². The van der Waals surface area contributed by atoms with Crippen molar-refractivity contribution in [2.24, 2.45) is 0 Å². The molecule has 1 aliphatic rings. The van der Waals surface area contributed by atoms with Crippen LogP contribution in [0.2, 0.25) is 0 Å². The van der Waals surface area contributed by atoms with Gasteiger partial charge in [0.25, 0.3) is 0 Å². The van der Waals surface area contributed by atoms with Gasteiger partial charge >= 0.3 is 0 Å². The Hall–Kier alpha value is -0.760. The monoisotopic (exact) mass is 112 g/mol. The van der Waals surface area contributed by atoms with Gasteiger partial charge in [-0.3, -0.25) is 0 Å². The van der Waals surface area contributed by atoms with E-state index in [0.29, 0.717) is 19.2 Å². The number of rotatable bonds is 0. The molecule has 1 saturated heterocycles. The van der Waals surface area contributed by atoms with Crippen LogP contribution in [0, 0.1) is 0 Å². The summed E-state index contributed by atoms with van der Waals surface area (Å²) < 4.78 is 9.74. The highest BCUT2D eigenvalue weighted by molar-refractivity contribution is 5.20. The minimum atomic E-state index is 0.317. The maximum Gasteiger partial charge on any atom is 0.189 e. The molecule has 0 amide bonds. The first kappa shape index (κ1) is 5.38. The van der Waals surface area contributed by atoms with Crippen LogP contribution in [-0.2, 0) is 9.47 Å². The predicted octanol–water partition coefficient (Wildman–Crippen LogP) is 1.06. The summed E-state index contributed by atoms with van der Waals surface area (Å²) in [6.45, 7) is 8.11. The molecule has 2 heteroatoms. The van der Waals surface area contributed by atoms with Gasteiger partial charge in [0.1, 0.15) is 5.76 Å². The molecule has 2 nitrogen and oxygen atoms in total. The second-order valence-corrected chi connectivity index (χ2v) is 1.64. The van der Waals surface area contributed by atoms with Crippen LogP contribution in [0.15, 0.2) is 24.5 Å². The fourth-order valence-electron chi connectivity index (χ4n) is 0.460. The van der Waals surface area contributed by atoms with Gasteiger partial charge in [-0.05, 0) is 0 Å². The zero-order valence-electron chi connectivity index (χ0n) is 4.64. The van der Waals surface area contributed by atoms with E-state index >= 15 is 0 Å². The van der Waals surface area contributed by atoms with Crippen molar-refractivity contribution >= 4 is 0 Å². The van der Waals surface area contributed by atoms with Gasteiger partial charge < -0.3 is 9.47 Å². The van der Waals surface area contributed by atoms with Crippen LogP contribution in [0.1, 0.15) is 0 Å². The van der Waals surface area contributed by atoms with Crippen molar-refractivity contribution in [3.63, 3.8) is 0 Å². The Morgan fingerprint density at radius 2 is 2.12 bits per heavy atom. The molecule has 1 heterocycles. The molecule has 1 fully saturated rings. The van der Waals surface area contributed by atoms with Crippen molar-refractivity contribution in [1.29, 1.82) is 0 Å². The lowest BCUT2D eigenvalue weighted by atomic mass is 10.3. The number of hydrogen-bond donors (Lipinski definition) is 0. The van der Waals surface area contributed by atoms with Gasteiger partial charge in [0.2, 0.25) is 0 Å². The Kier molecular flexibility index (Phi) is 1.35. The smallest absolute Gasteiger partial charge is 0.189 e. The summed E-state index contributed by atoms with van der Waals surface area (Å²) in [4.78, 5) is 0. The van der Waals surface area contributed by atoms with Gasteiger partial charge in [-0.15, -0.1) is 0 Å². The van der Waals surface area contributed by atoms with Crippen molar-refractivity contribution < 1.29 is 9.47 Å². The lowest BCUT2D eigenvalue weighted by Crippen LogP contribution is -2.11. The lowest BCUT2D eigenvalue weighted by Gasteiger charge is -2.16. The summed E-state index contributed by atoms with van der Waals surface area (Å²) >= 11 is 0. The van der Waals surface area contributed by atoms with Crippen LogP contribution in [0.25, 0.3) is 0 Å². The molecule has 44 valence electrons. The van der Waals surface area contributed by atoms with E-state index in [1.54, 1.807) is 0 Å². The fraction of sp³-hybridized carbons (Fsp3) is 0.333. The first-order chi connectivity index (χ1) is 3.80. The SMILES string of the molecule is C=C1COCOC1=C. The molecule has 0 N–H and O–H groups in total. The summed E-state index contributed by atoms with van der Waals surface area (Å²) in [5, 5.41) is 0. The van der Waals surface area contributed by atoms with Crippen molar-refractivity contribution in [2.45, 2.75) is 0 Å². The highest BCUT2D eigenvalue weighted by atomic mass is 16.7. The van der Waals surface area contributed by atoms with Crippen molar-refractivity contribution in [2.75, 3.05) is 13.4 Å². The maximum atomic E-state index is 4.87. The highest BCUT2D eigenvalue weighted by Gasteiger charge is 2.06. The molecule has 0 aromatic heterocycles. The second kappa shape index (κ2) is 2.01. The molecule has 0 bridgehead atoms. The molecule has 0 atom stereocenters. The van der Waals surface area contributed by atoms with Gasteiger partial charge in [0.05, 0.1) is 6.61 Å². The summed E-state index contributed by atoms with van der Waals surface area (Å²) in [5.74, 6) is 0.649. The Bertz CT molecular complexity index is 110. The quantitative estimate of drug-likeness (QED) is 0.466. The minimum absolute atomic E-state index is 0.317. The third kappa shape index (κ3) is 0.898. The third-order valence-corrected chi connectivity index (χ3v) is 0.987. The minimum Gasteiger partial charge on any atom is -0.468 e. The van der Waals surface area contributed by atoms with Gasteiger partial charge in [-0.1, -0.05) is 13.2 Å². The Morgan fingerprint density at radius 1 is 1.38 bits per heavy atom. The van der Waals surface area contributed by atoms with Crippen LogP contribution in [-0.4, -0.2) is 13.4 Å². The highest BCUT2D eigenvalue weighted by Crippen LogP contribution is 2.11. The Morgan fingerprint density at radius 3 is 2.50 bits per heavy atom. The van der Waals surface area contributed by atoms with E-state index in [-0.39, 0.29) is 0 Å². The van der Waals surface area contributed by atoms with Crippen molar-refractivity contribution in [1.82, 2.24) is 0 Å². The molecule has 0 aromatic carbocycles. The van der Waals surface area contributed by atoms with Crippen LogP contribution < -0.4 is 0 Å². The summed E-state index contributed by atoms with van der Waals surface area (Å²) in [6, 6.07) is 0. The number of hydrogen-bond acceptors (Lipinski definition) is 2. The standard InChI is InChI=1S/C6H8O2/c1-5-3-7-4-8-6(5)2/h1-4H2. The third-order valence-electron chi connectivity index (χ3n) is 0.987. The molecular formula is C6H8O2.